The van der Waals surface area contributed by atoms with Gasteiger partial charge in [-0.3, -0.25) is 4.99 Å². The highest BCUT2D eigenvalue weighted by Gasteiger charge is 2.19. The van der Waals surface area contributed by atoms with E-state index in [1.165, 1.54) is 0 Å². The van der Waals surface area contributed by atoms with Gasteiger partial charge in [0.25, 0.3) is 0 Å². The highest BCUT2D eigenvalue weighted by molar-refractivity contribution is 5.83. The van der Waals surface area contributed by atoms with E-state index < -0.39 is 0 Å². The van der Waals surface area contributed by atoms with Crippen LogP contribution >= 0.6 is 0 Å². The first kappa shape index (κ1) is 13.4. The van der Waals surface area contributed by atoms with Crippen molar-refractivity contribution in [1.82, 2.24) is 0 Å². The van der Waals surface area contributed by atoms with Crippen LogP contribution in [-0.2, 0) is 4.74 Å². The number of aliphatic imine (C=N–C) groups is 1. The van der Waals surface area contributed by atoms with E-state index in [4.69, 9.17) is 10.5 Å². The SMILES string of the molecule is CCCC(C(N)=NCC)C(C)COC. The number of nitrogens with two attached hydrogens (primary N) is 1. The fourth-order valence-corrected chi connectivity index (χ4v) is 1.71. The van der Waals surface area contributed by atoms with Gasteiger partial charge in [-0.1, -0.05) is 20.3 Å². The number of nitrogens with zero attached hydrogens (tertiary/aromatic N) is 1. The Hall–Kier alpha value is -0.570. The molecule has 0 heterocycles. The number of rotatable bonds is 7. The Kier molecular flexibility index (Phi) is 7.48. The van der Waals surface area contributed by atoms with Gasteiger partial charge in [0.15, 0.2) is 0 Å². The van der Waals surface area contributed by atoms with Crippen molar-refractivity contribution < 1.29 is 4.74 Å². The fraction of sp³-hybridized carbons (Fsp3) is 0.909. The first-order chi connectivity index (χ1) is 6.67. The topological polar surface area (TPSA) is 47.6 Å². The second-order valence-electron chi connectivity index (χ2n) is 3.73. The smallest absolute Gasteiger partial charge is 0.0971 e. The Balaban J connectivity index is 4.33. The summed E-state index contributed by atoms with van der Waals surface area (Å²) in [6.07, 6.45) is 2.23. The molecular weight excluding hydrogens is 176 g/mol. The van der Waals surface area contributed by atoms with Crippen LogP contribution in [0.2, 0.25) is 0 Å². The maximum Gasteiger partial charge on any atom is 0.0971 e. The van der Waals surface area contributed by atoms with E-state index in [2.05, 4.69) is 18.8 Å². The number of methoxy groups -OCH3 is 1. The molecule has 0 bridgehead atoms. The van der Waals surface area contributed by atoms with Crippen LogP contribution in [0.3, 0.4) is 0 Å². The molecule has 0 amide bonds. The predicted octanol–water partition coefficient (Wildman–Crippen LogP) is 2.06. The van der Waals surface area contributed by atoms with E-state index in [1.807, 2.05) is 6.92 Å². The van der Waals surface area contributed by atoms with Crippen LogP contribution in [0.5, 0.6) is 0 Å². The molecule has 14 heavy (non-hydrogen) atoms. The van der Waals surface area contributed by atoms with Crippen molar-refractivity contribution in [1.29, 1.82) is 0 Å². The Bertz CT molecular complexity index is 169. The highest BCUT2D eigenvalue weighted by atomic mass is 16.5. The molecule has 0 saturated carbocycles. The second-order valence-corrected chi connectivity index (χ2v) is 3.73. The van der Waals surface area contributed by atoms with Crippen molar-refractivity contribution in [3.8, 4) is 0 Å². The minimum atomic E-state index is 0.375. The molecule has 0 aromatic carbocycles. The maximum absolute atomic E-state index is 5.94. The van der Waals surface area contributed by atoms with Gasteiger partial charge in [-0.2, -0.15) is 0 Å². The van der Waals surface area contributed by atoms with Crippen molar-refractivity contribution in [3.05, 3.63) is 0 Å². The van der Waals surface area contributed by atoms with E-state index in [9.17, 15) is 0 Å². The molecule has 0 radical (unpaired) electrons. The molecule has 3 heteroatoms. The van der Waals surface area contributed by atoms with Gasteiger partial charge in [-0.15, -0.1) is 0 Å². The Labute approximate surface area is 87.7 Å². The molecule has 0 aliphatic carbocycles. The third-order valence-corrected chi connectivity index (χ3v) is 2.44. The highest BCUT2D eigenvalue weighted by Crippen LogP contribution is 2.18. The van der Waals surface area contributed by atoms with E-state index in [0.29, 0.717) is 11.8 Å². The van der Waals surface area contributed by atoms with Crippen LogP contribution in [-0.4, -0.2) is 26.1 Å². The van der Waals surface area contributed by atoms with Crippen LogP contribution in [0.25, 0.3) is 0 Å². The van der Waals surface area contributed by atoms with Crippen LogP contribution in [0.1, 0.15) is 33.6 Å². The first-order valence-corrected chi connectivity index (χ1v) is 5.46. The van der Waals surface area contributed by atoms with E-state index >= 15 is 0 Å². The minimum Gasteiger partial charge on any atom is -0.387 e. The van der Waals surface area contributed by atoms with E-state index in [1.54, 1.807) is 7.11 Å². The van der Waals surface area contributed by atoms with Gasteiger partial charge in [0.05, 0.1) is 5.84 Å². The average Bonchev–Trinajstić information content (AvgIpc) is 2.14. The summed E-state index contributed by atoms with van der Waals surface area (Å²) in [5.74, 6) is 1.62. The van der Waals surface area contributed by atoms with Crippen LogP contribution in [0.4, 0.5) is 0 Å². The summed E-state index contributed by atoms with van der Waals surface area (Å²) in [7, 11) is 1.73. The summed E-state index contributed by atoms with van der Waals surface area (Å²) < 4.78 is 5.15. The summed E-state index contributed by atoms with van der Waals surface area (Å²) in [6.45, 7) is 7.88. The molecule has 0 aliphatic heterocycles. The van der Waals surface area contributed by atoms with Crippen molar-refractivity contribution in [2.45, 2.75) is 33.6 Å². The van der Waals surface area contributed by atoms with E-state index in [-0.39, 0.29) is 0 Å². The van der Waals surface area contributed by atoms with Gasteiger partial charge < -0.3 is 10.5 Å². The molecule has 0 rings (SSSR count). The molecule has 0 aromatic rings. The molecule has 2 N–H and O–H groups in total. The van der Waals surface area contributed by atoms with Gasteiger partial charge in [-0.25, -0.2) is 0 Å². The maximum atomic E-state index is 5.94. The summed E-state index contributed by atoms with van der Waals surface area (Å²) in [6, 6.07) is 0. The summed E-state index contributed by atoms with van der Waals surface area (Å²) in [5, 5.41) is 0. The zero-order valence-corrected chi connectivity index (χ0v) is 9.92. The molecule has 84 valence electrons. The lowest BCUT2D eigenvalue weighted by molar-refractivity contribution is 0.142. The third kappa shape index (κ3) is 4.61. The Morgan fingerprint density at radius 3 is 2.50 bits per heavy atom. The van der Waals surface area contributed by atoms with Gasteiger partial charge in [0.2, 0.25) is 0 Å². The van der Waals surface area contributed by atoms with Crippen LogP contribution in [0.15, 0.2) is 4.99 Å². The molecule has 2 unspecified atom stereocenters. The summed E-state index contributed by atoms with van der Waals surface area (Å²) >= 11 is 0. The third-order valence-electron chi connectivity index (χ3n) is 2.44. The molecule has 0 fully saturated rings. The van der Waals surface area contributed by atoms with E-state index in [0.717, 1.165) is 31.8 Å². The molecule has 2 atom stereocenters. The van der Waals surface area contributed by atoms with Gasteiger partial charge in [0.1, 0.15) is 0 Å². The van der Waals surface area contributed by atoms with Crippen LogP contribution in [0, 0.1) is 11.8 Å². The lowest BCUT2D eigenvalue weighted by Crippen LogP contribution is -2.31. The predicted molar refractivity (Wildman–Crippen MR) is 61.6 cm³/mol. The van der Waals surface area contributed by atoms with Crippen molar-refractivity contribution in [2.75, 3.05) is 20.3 Å². The minimum absolute atomic E-state index is 0.375. The van der Waals surface area contributed by atoms with Gasteiger partial charge in [0, 0.05) is 26.2 Å². The molecule has 0 aromatic heterocycles. The second kappa shape index (κ2) is 7.80. The Morgan fingerprint density at radius 2 is 2.07 bits per heavy atom. The van der Waals surface area contributed by atoms with Crippen LogP contribution < -0.4 is 5.73 Å². The first-order valence-electron chi connectivity index (χ1n) is 5.46. The summed E-state index contributed by atoms with van der Waals surface area (Å²) in [5.41, 5.74) is 5.94. The molecule has 0 saturated heterocycles. The number of hydrogen-bond donors (Lipinski definition) is 1. The van der Waals surface area contributed by atoms with Crippen molar-refractivity contribution in [3.63, 3.8) is 0 Å². The normalized spacial score (nSPS) is 16.7. The fourth-order valence-electron chi connectivity index (χ4n) is 1.71. The molecule has 3 nitrogen and oxygen atoms in total. The number of ether oxygens (including phenoxy) is 1. The Morgan fingerprint density at radius 1 is 1.43 bits per heavy atom. The number of amidine groups is 1. The number of hydrogen-bond acceptors (Lipinski definition) is 2. The largest absolute Gasteiger partial charge is 0.387 e. The lowest BCUT2D eigenvalue weighted by atomic mass is 9.89. The lowest BCUT2D eigenvalue weighted by Gasteiger charge is -2.22. The van der Waals surface area contributed by atoms with Crippen molar-refractivity contribution in [2.24, 2.45) is 22.6 Å². The quantitative estimate of drug-likeness (QED) is 0.505. The zero-order valence-electron chi connectivity index (χ0n) is 9.92. The summed E-state index contributed by atoms with van der Waals surface area (Å²) in [4.78, 5) is 4.29. The standard InChI is InChI=1S/C11H24N2O/c1-5-7-10(9(3)8-14-4)11(12)13-6-2/h9-10H,5-8H2,1-4H3,(H2,12,13). The zero-order chi connectivity index (χ0) is 11.0. The van der Waals surface area contributed by atoms with Gasteiger partial charge in [-0.05, 0) is 19.3 Å². The molecule has 0 aliphatic rings. The molecular formula is C11H24N2O. The molecule has 0 spiro atoms. The van der Waals surface area contributed by atoms with Gasteiger partial charge >= 0.3 is 0 Å². The average molecular weight is 200 g/mol. The van der Waals surface area contributed by atoms with Crippen molar-refractivity contribution >= 4 is 5.84 Å². The monoisotopic (exact) mass is 200 g/mol.